The van der Waals surface area contributed by atoms with Crippen LogP contribution in [0.2, 0.25) is 0 Å². The van der Waals surface area contributed by atoms with Crippen molar-refractivity contribution < 1.29 is 28.6 Å². The summed E-state index contributed by atoms with van der Waals surface area (Å²) >= 11 is 0. The maximum Gasteiger partial charge on any atom is 0.331 e. The van der Waals surface area contributed by atoms with Gasteiger partial charge in [-0.25, -0.2) is 4.79 Å². The van der Waals surface area contributed by atoms with Gasteiger partial charge in [0.25, 0.3) is 0 Å². The molecule has 0 radical (unpaired) electrons. The van der Waals surface area contributed by atoms with Crippen molar-refractivity contribution in [3.8, 4) is 0 Å². The van der Waals surface area contributed by atoms with E-state index in [1.54, 1.807) is 6.08 Å². The molecule has 3 saturated carbocycles. The number of carbonyl (C=O) groups excluding carboxylic acids is 3. The molecule has 0 bridgehead atoms. The monoisotopic (exact) mass is 446 g/mol. The molecule has 3 fully saturated rings. The lowest BCUT2D eigenvalue weighted by Crippen LogP contribution is -2.60. The van der Waals surface area contributed by atoms with Gasteiger partial charge in [0.1, 0.15) is 12.7 Å². The van der Waals surface area contributed by atoms with Gasteiger partial charge in [-0.2, -0.15) is 0 Å². The molecule has 1 aliphatic heterocycles. The Labute approximate surface area is 191 Å². The molecular weight excluding hydrogens is 408 g/mol. The zero-order chi connectivity index (χ0) is 23.3. The number of hydrogen-bond donors (Lipinski definition) is 0. The summed E-state index contributed by atoms with van der Waals surface area (Å²) < 4.78 is 16.5. The summed E-state index contributed by atoms with van der Waals surface area (Å²) in [7, 11) is 1.50. The Balaban J connectivity index is 1.65. The fourth-order valence-corrected chi connectivity index (χ4v) is 8.21. The molecular formula is C26H38O6. The number of rotatable bonds is 4. The van der Waals surface area contributed by atoms with E-state index >= 15 is 0 Å². The van der Waals surface area contributed by atoms with Crippen LogP contribution in [0.4, 0.5) is 0 Å². The van der Waals surface area contributed by atoms with E-state index in [0.29, 0.717) is 18.9 Å². The molecule has 6 heteroatoms. The van der Waals surface area contributed by atoms with E-state index in [2.05, 4.69) is 20.8 Å². The van der Waals surface area contributed by atoms with Gasteiger partial charge in [-0.3, -0.25) is 9.59 Å². The number of carbonyl (C=O) groups is 3. The molecule has 0 N–H and O–H groups in total. The highest BCUT2D eigenvalue weighted by molar-refractivity contribution is 5.85. The van der Waals surface area contributed by atoms with Crippen molar-refractivity contribution in [2.75, 3.05) is 13.7 Å². The van der Waals surface area contributed by atoms with E-state index in [1.165, 1.54) is 14.0 Å². The zero-order valence-corrected chi connectivity index (χ0v) is 20.2. The van der Waals surface area contributed by atoms with Crippen molar-refractivity contribution in [1.29, 1.82) is 0 Å². The minimum absolute atomic E-state index is 0.0234. The number of hydrogen-bond acceptors (Lipinski definition) is 6. The lowest BCUT2D eigenvalue weighted by molar-refractivity contribution is -0.201. The molecule has 4 rings (SSSR count). The Morgan fingerprint density at radius 3 is 2.50 bits per heavy atom. The Bertz CT molecular complexity index is 832. The lowest BCUT2D eigenvalue weighted by Gasteiger charge is -2.63. The average Bonchev–Trinajstić information content (AvgIpc) is 3.13. The second kappa shape index (κ2) is 8.18. The summed E-state index contributed by atoms with van der Waals surface area (Å²) in [4.78, 5) is 36.6. The van der Waals surface area contributed by atoms with E-state index in [4.69, 9.17) is 14.2 Å². The molecule has 7 atom stereocenters. The first-order valence-corrected chi connectivity index (χ1v) is 12.2. The highest BCUT2D eigenvalue weighted by Gasteiger charge is 2.63. The highest BCUT2D eigenvalue weighted by atomic mass is 16.5. The second-order valence-electron chi connectivity index (χ2n) is 11.5. The summed E-state index contributed by atoms with van der Waals surface area (Å²) in [5.41, 5.74) is 0.339. The third-order valence-corrected chi connectivity index (χ3v) is 9.53. The van der Waals surface area contributed by atoms with Crippen molar-refractivity contribution in [3.05, 3.63) is 11.6 Å². The number of fused-ring (bicyclic) bond motifs is 3. The Morgan fingerprint density at radius 2 is 1.88 bits per heavy atom. The molecule has 0 amide bonds. The molecule has 1 heterocycles. The van der Waals surface area contributed by atoms with Crippen LogP contribution in [0.1, 0.15) is 79.1 Å². The number of ether oxygens (including phenoxy) is 3. The molecule has 32 heavy (non-hydrogen) atoms. The summed E-state index contributed by atoms with van der Waals surface area (Å²) in [5.74, 6) is 0.338. The standard InChI is InChI=1S/C26H38O6/c1-16(27)32-22-18-7-8-20-25(3,10-6-11-26(20,4)23(29)30-5)19(18)9-12-24(22,2)14-17-13-21(28)31-15-17/h13,18-20,22H,6-12,14-15H2,1-5H3/t18-,19+,20-,22+,24-,25-,26-/m1/s1. The van der Waals surface area contributed by atoms with Gasteiger partial charge in [-0.05, 0) is 80.6 Å². The normalized spacial score (nSPS) is 43.4. The molecule has 0 unspecified atom stereocenters. The highest BCUT2D eigenvalue weighted by Crippen LogP contribution is 2.66. The quantitative estimate of drug-likeness (QED) is 0.464. The number of esters is 3. The van der Waals surface area contributed by atoms with Gasteiger partial charge in [0.2, 0.25) is 0 Å². The maximum absolute atomic E-state index is 12.8. The first kappa shape index (κ1) is 23.3. The Morgan fingerprint density at radius 1 is 1.12 bits per heavy atom. The van der Waals surface area contributed by atoms with Crippen LogP contribution in [0, 0.1) is 34.0 Å². The van der Waals surface area contributed by atoms with Gasteiger partial charge in [0, 0.05) is 18.4 Å². The van der Waals surface area contributed by atoms with Gasteiger partial charge in [-0.1, -0.05) is 20.3 Å². The molecule has 0 aromatic heterocycles. The third-order valence-electron chi connectivity index (χ3n) is 9.53. The van der Waals surface area contributed by atoms with Gasteiger partial charge in [0.15, 0.2) is 0 Å². The second-order valence-corrected chi connectivity index (χ2v) is 11.5. The van der Waals surface area contributed by atoms with Crippen molar-refractivity contribution in [2.45, 2.75) is 85.2 Å². The van der Waals surface area contributed by atoms with E-state index in [1.807, 2.05) is 0 Å². The Kier molecular flexibility index (Phi) is 5.96. The third kappa shape index (κ3) is 3.67. The van der Waals surface area contributed by atoms with Gasteiger partial charge in [-0.15, -0.1) is 0 Å². The molecule has 6 nitrogen and oxygen atoms in total. The molecule has 0 spiro atoms. The topological polar surface area (TPSA) is 78.9 Å². The van der Waals surface area contributed by atoms with Crippen LogP contribution < -0.4 is 0 Å². The number of methoxy groups -OCH3 is 1. The molecule has 178 valence electrons. The van der Waals surface area contributed by atoms with Crippen LogP contribution in [-0.2, 0) is 28.6 Å². The zero-order valence-electron chi connectivity index (χ0n) is 20.2. The van der Waals surface area contributed by atoms with Crippen molar-refractivity contribution >= 4 is 17.9 Å². The largest absolute Gasteiger partial charge is 0.469 e. The minimum atomic E-state index is -0.448. The molecule has 0 saturated heterocycles. The Hall–Kier alpha value is -1.85. The summed E-state index contributed by atoms with van der Waals surface area (Å²) in [6, 6.07) is 0. The smallest absolute Gasteiger partial charge is 0.331 e. The molecule has 0 aromatic carbocycles. The first-order valence-electron chi connectivity index (χ1n) is 12.2. The van der Waals surface area contributed by atoms with Gasteiger partial charge >= 0.3 is 17.9 Å². The lowest BCUT2D eigenvalue weighted by atomic mass is 9.42. The summed E-state index contributed by atoms with van der Waals surface area (Å²) in [6.07, 6.45) is 8.97. The van der Waals surface area contributed by atoms with E-state index < -0.39 is 5.41 Å². The predicted molar refractivity (Wildman–Crippen MR) is 118 cm³/mol. The van der Waals surface area contributed by atoms with Crippen LogP contribution in [0.25, 0.3) is 0 Å². The van der Waals surface area contributed by atoms with Gasteiger partial charge < -0.3 is 14.2 Å². The van der Waals surface area contributed by atoms with E-state index in [9.17, 15) is 14.4 Å². The van der Waals surface area contributed by atoms with Gasteiger partial charge in [0.05, 0.1) is 12.5 Å². The SMILES string of the molecule is COC(=O)[C@]1(C)CCC[C@@]2(C)[C@H]1CC[C@H]1[C@H](OC(C)=O)[C@@](C)(CC3=CC(=O)OC3)CC[C@@H]12. The fraction of sp³-hybridized carbons (Fsp3) is 0.808. The van der Waals surface area contributed by atoms with Crippen molar-refractivity contribution in [3.63, 3.8) is 0 Å². The molecule has 3 aliphatic carbocycles. The van der Waals surface area contributed by atoms with Crippen LogP contribution >= 0.6 is 0 Å². The minimum Gasteiger partial charge on any atom is -0.469 e. The van der Waals surface area contributed by atoms with E-state index in [-0.39, 0.29) is 46.7 Å². The van der Waals surface area contributed by atoms with E-state index in [0.717, 1.165) is 50.5 Å². The van der Waals surface area contributed by atoms with Crippen LogP contribution in [0.15, 0.2) is 11.6 Å². The maximum atomic E-state index is 12.8. The summed E-state index contributed by atoms with van der Waals surface area (Å²) in [6.45, 7) is 8.50. The van der Waals surface area contributed by atoms with Crippen LogP contribution in [0.5, 0.6) is 0 Å². The van der Waals surface area contributed by atoms with Crippen LogP contribution in [0.3, 0.4) is 0 Å². The van der Waals surface area contributed by atoms with Crippen LogP contribution in [-0.4, -0.2) is 37.7 Å². The van der Waals surface area contributed by atoms with Crippen molar-refractivity contribution in [1.82, 2.24) is 0 Å². The number of cyclic esters (lactones) is 1. The predicted octanol–water partition coefficient (Wildman–Crippen LogP) is 4.60. The average molecular weight is 447 g/mol. The molecule has 0 aromatic rings. The molecule has 4 aliphatic rings. The fourth-order valence-electron chi connectivity index (χ4n) is 8.21. The van der Waals surface area contributed by atoms with Crippen molar-refractivity contribution in [2.24, 2.45) is 34.0 Å². The first-order chi connectivity index (χ1) is 15.0. The summed E-state index contributed by atoms with van der Waals surface area (Å²) in [5, 5.41) is 0.